The third kappa shape index (κ3) is 29.8. The Morgan fingerprint density at radius 2 is 1.24 bits per heavy atom. The summed E-state index contributed by atoms with van der Waals surface area (Å²) in [7, 11) is 0. The Bertz CT molecular complexity index is 866. The summed E-state index contributed by atoms with van der Waals surface area (Å²) in [6, 6.07) is 0. The summed E-state index contributed by atoms with van der Waals surface area (Å²) in [5, 5.41) is 11.0. The van der Waals surface area contributed by atoms with Crippen LogP contribution in [0.1, 0.15) is 123 Å². The van der Waals surface area contributed by atoms with Crippen LogP contribution >= 0.6 is 0 Å². The SMILES string of the molecule is CC/C=C\C/C=C\C/C=C\C/C=C\CCCCC(=O)OC(/C=C\C/C=C\CCC)CCCCCCC(=O)NCC(=O)O. The molecule has 236 valence electrons. The van der Waals surface area contributed by atoms with Crippen LogP contribution in [0.2, 0.25) is 0 Å². The summed E-state index contributed by atoms with van der Waals surface area (Å²) >= 11 is 0. The van der Waals surface area contributed by atoms with E-state index in [2.05, 4.69) is 86.0 Å². The highest BCUT2D eigenvalue weighted by molar-refractivity contribution is 5.80. The molecular formula is C36H57NO5. The van der Waals surface area contributed by atoms with Crippen molar-refractivity contribution in [3.8, 4) is 0 Å². The molecule has 0 rings (SSSR count). The number of carboxylic acid groups (broad SMARTS) is 1. The third-order valence-corrected chi connectivity index (χ3v) is 6.33. The first-order chi connectivity index (χ1) is 20.5. The zero-order valence-corrected chi connectivity index (χ0v) is 26.3. The summed E-state index contributed by atoms with van der Waals surface area (Å²) in [6.45, 7) is 3.96. The predicted molar refractivity (Wildman–Crippen MR) is 175 cm³/mol. The fourth-order valence-corrected chi connectivity index (χ4v) is 3.99. The molecule has 0 aliphatic rings. The molecule has 0 aromatic rings. The standard InChI is InChI=1S/C36H57NO5/c1-3-5-7-9-11-12-13-14-15-16-17-18-19-21-27-31-36(41)42-33(28-24-20-10-8-6-4-2)29-25-22-23-26-30-34(38)37-32-35(39)40/h5,7-8,10-12,14-15,17-18,24,28,33H,3-4,6,9,13,16,19-23,25-27,29-32H2,1-2H3,(H,37,38)(H,39,40)/b7-5-,10-8-,12-11-,15-14-,18-17-,28-24-. The molecule has 0 aromatic heterocycles. The van der Waals surface area contributed by atoms with E-state index in [9.17, 15) is 14.4 Å². The van der Waals surface area contributed by atoms with Crippen molar-refractivity contribution in [1.82, 2.24) is 5.32 Å². The molecule has 0 bridgehead atoms. The van der Waals surface area contributed by atoms with Gasteiger partial charge in [-0.3, -0.25) is 14.4 Å². The average molecular weight is 584 g/mol. The molecule has 1 atom stereocenters. The Morgan fingerprint density at radius 1 is 0.667 bits per heavy atom. The van der Waals surface area contributed by atoms with E-state index in [4.69, 9.17) is 9.84 Å². The van der Waals surface area contributed by atoms with Crippen molar-refractivity contribution >= 4 is 17.8 Å². The van der Waals surface area contributed by atoms with Crippen LogP contribution in [-0.2, 0) is 19.1 Å². The maximum atomic E-state index is 12.5. The lowest BCUT2D eigenvalue weighted by atomic mass is 10.1. The van der Waals surface area contributed by atoms with Crippen molar-refractivity contribution in [2.45, 2.75) is 129 Å². The number of allylic oxidation sites excluding steroid dienone is 11. The molecule has 1 unspecified atom stereocenters. The number of nitrogens with one attached hydrogen (secondary N) is 1. The molecule has 0 aliphatic heterocycles. The van der Waals surface area contributed by atoms with Gasteiger partial charge in [0, 0.05) is 12.8 Å². The van der Waals surface area contributed by atoms with Crippen LogP contribution < -0.4 is 5.32 Å². The zero-order valence-electron chi connectivity index (χ0n) is 26.3. The van der Waals surface area contributed by atoms with E-state index < -0.39 is 5.97 Å². The summed E-state index contributed by atoms with van der Waals surface area (Å²) in [6.07, 6.45) is 40.4. The summed E-state index contributed by atoms with van der Waals surface area (Å²) in [5.41, 5.74) is 0. The number of hydrogen-bond donors (Lipinski definition) is 2. The number of carbonyl (C=O) groups excluding carboxylic acids is 2. The summed E-state index contributed by atoms with van der Waals surface area (Å²) in [5.74, 6) is -1.42. The van der Waals surface area contributed by atoms with Crippen LogP contribution in [0, 0.1) is 0 Å². The lowest BCUT2D eigenvalue weighted by Crippen LogP contribution is -2.28. The number of unbranched alkanes of at least 4 members (excludes halogenated alkanes) is 6. The molecule has 0 fully saturated rings. The van der Waals surface area contributed by atoms with Crippen molar-refractivity contribution in [2.75, 3.05) is 6.54 Å². The molecule has 0 aliphatic carbocycles. The third-order valence-electron chi connectivity index (χ3n) is 6.33. The fourth-order valence-electron chi connectivity index (χ4n) is 3.99. The average Bonchev–Trinajstić information content (AvgIpc) is 2.97. The number of carboxylic acids is 1. The van der Waals surface area contributed by atoms with Crippen LogP contribution in [0.4, 0.5) is 0 Å². The van der Waals surface area contributed by atoms with E-state index in [1.165, 1.54) is 0 Å². The van der Waals surface area contributed by atoms with E-state index in [-0.39, 0.29) is 24.5 Å². The number of carbonyl (C=O) groups is 3. The molecule has 0 heterocycles. The van der Waals surface area contributed by atoms with Crippen molar-refractivity contribution < 1.29 is 24.2 Å². The van der Waals surface area contributed by atoms with Crippen LogP contribution in [0.3, 0.4) is 0 Å². The second-order valence-electron chi connectivity index (χ2n) is 10.3. The highest BCUT2D eigenvalue weighted by Gasteiger charge is 2.11. The Balaban J connectivity index is 4.25. The molecule has 0 saturated carbocycles. The lowest BCUT2D eigenvalue weighted by Gasteiger charge is -2.14. The minimum atomic E-state index is -1.04. The smallest absolute Gasteiger partial charge is 0.322 e. The molecule has 0 aromatic carbocycles. The Hall–Kier alpha value is -3.15. The molecule has 42 heavy (non-hydrogen) atoms. The van der Waals surface area contributed by atoms with Gasteiger partial charge >= 0.3 is 11.9 Å². The minimum Gasteiger partial charge on any atom is -0.480 e. The van der Waals surface area contributed by atoms with E-state index in [0.717, 1.165) is 89.9 Å². The molecule has 6 nitrogen and oxygen atoms in total. The van der Waals surface area contributed by atoms with Gasteiger partial charge in [-0.05, 0) is 83.1 Å². The van der Waals surface area contributed by atoms with E-state index in [0.29, 0.717) is 19.3 Å². The second kappa shape index (κ2) is 30.8. The normalized spacial score (nSPS) is 13.0. The maximum Gasteiger partial charge on any atom is 0.322 e. The van der Waals surface area contributed by atoms with Gasteiger partial charge in [0.05, 0.1) is 0 Å². The van der Waals surface area contributed by atoms with Gasteiger partial charge in [0.15, 0.2) is 0 Å². The van der Waals surface area contributed by atoms with Crippen molar-refractivity contribution in [3.05, 3.63) is 72.9 Å². The van der Waals surface area contributed by atoms with Gasteiger partial charge in [0.2, 0.25) is 5.91 Å². The maximum absolute atomic E-state index is 12.5. The molecule has 6 heteroatoms. The first kappa shape index (κ1) is 38.9. The minimum absolute atomic E-state index is 0.147. The van der Waals surface area contributed by atoms with E-state index in [1.807, 2.05) is 6.08 Å². The van der Waals surface area contributed by atoms with Gasteiger partial charge in [0.1, 0.15) is 12.6 Å². The molecule has 0 spiro atoms. The fraction of sp³-hybridized carbons (Fsp3) is 0.583. The summed E-state index contributed by atoms with van der Waals surface area (Å²) in [4.78, 5) is 34.6. The van der Waals surface area contributed by atoms with E-state index >= 15 is 0 Å². The summed E-state index contributed by atoms with van der Waals surface area (Å²) < 4.78 is 5.79. The number of hydrogen-bond acceptors (Lipinski definition) is 4. The van der Waals surface area contributed by atoms with Crippen LogP contribution in [0.15, 0.2) is 72.9 Å². The Kier molecular flexibility index (Phi) is 28.5. The molecule has 2 N–H and O–H groups in total. The zero-order chi connectivity index (χ0) is 30.9. The predicted octanol–water partition coefficient (Wildman–Crippen LogP) is 9.11. The van der Waals surface area contributed by atoms with Gasteiger partial charge in [-0.25, -0.2) is 0 Å². The molecule has 0 radical (unpaired) electrons. The van der Waals surface area contributed by atoms with Gasteiger partial charge in [-0.2, -0.15) is 0 Å². The van der Waals surface area contributed by atoms with E-state index in [1.54, 1.807) is 0 Å². The van der Waals surface area contributed by atoms with Crippen LogP contribution in [0.25, 0.3) is 0 Å². The quantitative estimate of drug-likeness (QED) is 0.0571. The van der Waals surface area contributed by atoms with Gasteiger partial charge in [-0.15, -0.1) is 0 Å². The molecule has 0 saturated heterocycles. The Labute approximate surface area is 255 Å². The van der Waals surface area contributed by atoms with Crippen molar-refractivity contribution in [1.29, 1.82) is 0 Å². The number of esters is 1. The first-order valence-corrected chi connectivity index (χ1v) is 16.1. The Morgan fingerprint density at radius 3 is 1.88 bits per heavy atom. The van der Waals surface area contributed by atoms with Crippen molar-refractivity contribution in [2.24, 2.45) is 0 Å². The second-order valence-corrected chi connectivity index (χ2v) is 10.3. The van der Waals surface area contributed by atoms with Gasteiger partial charge < -0.3 is 15.2 Å². The van der Waals surface area contributed by atoms with Crippen molar-refractivity contribution in [3.63, 3.8) is 0 Å². The number of ether oxygens (including phenoxy) is 1. The molecular weight excluding hydrogens is 526 g/mol. The lowest BCUT2D eigenvalue weighted by molar-refractivity contribution is -0.147. The number of amides is 1. The topological polar surface area (TPSA) is 92.7 Å². The number of rotatable bonds is 27. The number of aliphatic carboxylic acids is 1. The van der Waals surface area contributed by atoms with Crippen LogP contribution in [-0.4, -0.2) is 35.6 Å². The highest BCUT2D eigenvalue weighted by atomic mass is 16.5. The highest BCUT2D eigenvalue weighted by Crippen LogP contribution is 2.13. The first-order valence-electron chi connectivity index (χ1n) is 16.1. The largest absolute Gasteiger partial charge is 0.480 e. The monoisotopic (exact) mass is 583 g/mol. The van der Waals surface area contributed by atoms with Crippen LogP contribution in [0.5, 0.6) is 0 Å². The van der Waals surface area contributed by atoms with Gasteiger partial charge in [0.25, 0.3) is 0 Å². The van der Waals surface area contributed by atoms with Gasteiger partial charge in [-0.1, -0.05) is 99.9 Å². The molecule has 1 amide bonds.